The van der Waals surface area contributed by atoms with E-state index >= 15 is 0 Å². The summed E-state index contributed by atoms with van der Waals surface area (Å²) in [5, 5.41) is 0. The van der Waals surface area contributed by atoms with Gasteiger partial charge in [-0.1, -0.05) is 50.3 Å². The molecule has 0 radical (unpaired) electrons. The van der Waals surface area contributed by atoms with Gasteiger partial charge >= 0.3 is 0 Å². The fraction of sp³-hybridized carbons (Fsp3) is 0.417. The Labute approximate surface area is 91.3 Å². The molecule has 1 unspecified atom stereocenters. The summed E-state index contributed by atoms with van der Waals surface area (Å²) in [5.74, 6) is 0.429. The van der Waals surface area contributed by atoms with Crippen LogP contribution < -0.4 is 5.73 Å². The van der Waals surface area contributed by atoms with Crippen molar-refractivity contribution >= 4 is 17.2 Å². The van der Waals surface area contributed by atoms with Gasteiger partial charge in [0.05, 0.1) is 4.99 Å². The molecular weight excluding hydrogens is 190 g/mol. The lowest BCUT2D eigenvalue weighted by atomic mass is 9.96. The predicted octanol–water partition coefficient (Wildman–Crippen LogP) is 3.03. The lowest BCUT2D eigenvalue weighted by Gasteiger charge is -2.11. The molecule has 14 heavy (non-hydrogen) atoms. The molecule has 0 saturated heterocycles. The number of hydrogen-bond acceptors (Lipinski definition) is 1. The summed E-state index contributed by atoms with van der Waals surface area (Å²) in [6.07, 6.45) is 1.88. The molecule has 0 aromatic heterocycles. The highest BCUT2D eigenvalue weighted by Crippen LogP contribution is 2.19. The van der Waals surface area contributed by atoms with Crippen LogP contribution in [0.15, 0.2) is 24.3 Å². The third-order valence-electron chi connectivity index (χ3n) is 2.46. The molecular formula is C12H17NS. The number of hydrogen-bond donors (Lipinski definition) is 1. The minimum atomic E-state index is 0.429. The molecule has 1 rings (SSSR count). The minimum absolute atomic E-state index is 0.429. The van der Waals surface area contributed by atoms with E-state index in [0.717, 1.165) is 12.8 Å². The largest absolute Gasteiger partial charge is 0.393 e. The van der Waals surface area contributed by atoms with Gasteiger partial charge in [0.2, 0.25) is 0 Å². The van der Waals surface area contributed by atoms with Gasteiger partial charge in [0.25, 0.3) is 0 Å². The summed E-state index contributed by atoms with van der Waals surface area (Å²) in [6.45, 7) is 4.31. The fourth-order valence-electron chi connectivity index (χ4n) is 1.50. The molecule has 2 heteroatoms. The molecule has 0 amide bonds. The van der Waals surface area contributed by atoms with Gasteiger partial charge in [0, 0.05) is 6.42 Å². The molecule has 1 nitrogen and oxygen atoms in total. The second-order valence-corrected chi connectivity index (χ2v) is 4.19. The lowest BCUT2D eigenvalue weighted by Crippen LogP contribution is -2.11. The van der Waals surface area contributed by atoms with Crippen molar-refractivity contribution in [2.75, 3.05) is 0 Å². The maximum atomic E-state index is 5.52. The smallest absolute Gasteiger partial charge is 0.0733 e. The van der Waals surface area contributed by atoms with Gasteiger partial charge in [-0.05, 0) is 23.5 Å². The van der Waals surface area contributed by atoms with Crippen molar-refractivity contribution in [1.82, 2.24) is 0 Å². The number of rotatable bonds is 4. The fourth-order valence-corrected chi connectivity index (χ4v) is 1.75. The summed E-state index contributed by atoms with van der Waals surface area (Å²) in [6, 6.07) is 8.68. The summed E-state index contributed by atoms with van der Waals surface area (Å²) in [5.41, 5.74) is 8.20. The topological polar surface area (TPSA) is 26.0 Å². The molecule has 0 saturated carbocycles. The first-order chi connectivity index (χ1) is 6.63. The van der Waals surface area contributed by atoms with E-state index in [1.54, 1.807) is 0 Å². The molecule has 0 aliphatic heterocycles. The van der Waals surface area contributed by atoms with Gasteiger partial charge in [-0.2, -0.15) is 0 Å². The second kappa shape index (κ2) is 5.11. The Morgan fingerprint density at radius 3 is 2.36 bits per heavy atom. The molecule has 0 aliphatic carbocycles. The van der Waals surface area contributed by atoms with Crippen molar-refractivity contribution < 1.29 is 0 Å². The van der Waals surface area contributed by atoms with Crippen molar-refractivity contribution in [3.05, 3.63) is 35.4 Å². The average molecular weight is 207 g/mol. The van der Waals surface area contributed by atoms with E-state index in [-0.39, 0.29) is 0 Å². The molecule has 1 aromatic carbocycles. The summed E-state index contributed by atoms with van der Waals surface area (Å²) in [4.78, 5) is 0.595. The van der Waals surface area contributed by atoms with E-state index < -0.39 is 0 Å². The van der Waals surface area contributed by atoms with Gasteiger partial charge in [-0.15, -0.1) is 0 Å². The van der Waals surface area contributed by atoms with Crippen molar-refractivity contribution in [3.63, 3.8) is 0 Å². The van der Waals surface area contributed by atoms with Crippen LogP contribution in [0.4, 0.5) is 0 Å². The Kier molecular flexibility index (Phi) is 4.08. The van der Waals surface area contributed by atoms with E-state index in [1.807, 2.05) is 0 Å². The highest BCUT2D eigenvalue weighted by molar-refractivity contribution is 7.80. The Balaban J connectivity index is 2.71. The van der Waals surface area contributed by atoms with Crippen molar-refractivity contribution in [2.45, 2.75) is 32.6 Å². The average Bonchev–Trinajstić information content (AvgIpc) is 2.17. The molecule has 0 heterocycles. The van der Waals surface area contributed by atoms with Crippen LogP contribution in [0.3, 0.4) is 0 Å². The molecule has 0 fully saturated rings. The first-order valence-corrected chi connectivity index (χ1v) is 5.41. The van der Waals surface area contributed by atoms with Crippen molar-refractivity contribution in [1.29, 1.82) is 0 Å². The first-order valence-electron chi connectivity index (χ1n) is 5.00. The number of benzene rings is 1. The standard InChI is InChI=1S/C12H17NS/c1-3-10-4-6-11(7-5-10)9(2)8-12(13)14/h4-7,9H,3,8H2,1-2H3,(H2,13,14). The maximum absolute atomic E-state index is 5.52. The third kappa shape index (κ3) is 3.11. The quantitative estimate of drug-likeness (QED) is 0.768. The van der Waals surface area contributed by atoms with Crippen LogP contribution in [0.5, 0.6) is 0 Å². The van der Waals surface area contributed by atoms with Crippen LogP contribution in [0.25, 0.3) is 0 Å². The predicted molar refractivity (Wildman–Crippen MR) is 65.6 cm³/mol. The van der Waals surface area contributed by atoms with Gasteiger partial charge in [-0.25, -0.2) is 0 Å². The zero-order chi connectivity index (χ0) is 10.6. The Morgan fingerprint density at radius 2 is 1.93 bits per heavy atom. The monoisotopic (exact) mass is 207 g/mol. The van der Waals surface area contributed by atoms with Crippen LogP contribution in [-0.2, 0) is 6.42 Å². The number of aryl methyl sites for hydroxylation is 1. The lowest BCUT2D eigenvalue weighted by molar-refractivity contribution is 0.806. The molecule has 1 atom stereocenters. The van der Waals surface area contributed by atoms with Gasteiger partial charge in [0.1, 0.15) is 0 Å². The summed E-state index contributed by atoms with van der Waals surface area (Å²) < 4.78 is 0. The molecule has 0 aliphatic rings. The van der Waals surface area contributed by atoms with Crippen LogP contribution in [0.2, 0.25) is 0 Å². The van der Waals surface area contributed by atoms with Crippen LogP contribution in [-0.4, -0.2) is 4.99 Å². The summed E-state index contributed by atoms with van der Waals surface area (Å²) in [7, 11) is 0. The number of thiocarbonyl (C=S) groups is 1. The highest BCUT2D eigenvalue weighted by Gasteiger charge is 2.06. The second-order valence-electron chi connectivity index (χ2n) is 3.67. The Bertz CT molecular complexity index is 303. The molecule has 2 N–H and O–H groups in total. The third-order valence-corrected chi connectivity index (χ3v) is 2.63. The van der Waals surface area contributed by atoms with E-state index in [9.17, 15) is 0 Å². The SMILES string of the molecule is CCc1ccc(C(C)CC(N)=S)cc1. The molecule has 76 valence electrons. The van der Waals surface area contributed by atoms with Crippen molar-refractivity contribution in [3.8, 4) is 0 Å². The molecule has 1 aromatic rings. The Morgan fingerprint density at radius 1 is 1.36 bits per heavy atom. The van der Waals surface area contributed by atoms with E-state index in [1.165, 1.54) is 11.1 Å². The van der Waals surface area contributed by atoms with Gasteiger partial charge in [-0.3, -0.25) is 0 Å². The van der Waals surface area contributed by atoms with Crippen LogP contribution in [0.1, 0.15) is 37.3 Å². The zero-order valence-corrected chi connectivity index (χ0v) is 9.60. The van der Waals surface area contributed by atoms with E-state index in [4.69, 9.17) is 18.0 Å². The minimum Gasteiger partial charge on any atom is -0.393 e. The summed E-state index contributed by atoms with van der Waals surface area (Å²) >= 11 is 4.90. The van der Waals surface area contributed by atoms with Gasteiger partial charge < -0.3 is 5.73 Å². The first kappa shape index (κ1) is 11.2. The number of nitrogens with two attached hydrogens (primary N) is 1. The van der Waals surface area contributed by atoms with E-state index in [0.29, 0.717) is 10.9 Å². The van der Waals surface area contributed by atoms with E-state index in [2.05, 4.69) is 38.1 Å². The van der Waals surface area contributed by atoms with Gasteiger partial charge in [0.15, 0.2) is 0 Å². The molecule has 0 bridgehead atoms. The zero-order valence-electron chi connectivity index (χ0n) is 8.79. The van der Waals surface area contributed by atoms with Crippen LogP contribution >= 0.6 is 12.2 Å². The molecule has 0 spiro atoms. The highest BCUT2D eigenvalue weighted by atomic mass is 32.1. The maximum Gasteiger partial charge on any atom is 0.0733 e. The normalized spacial score (nSPS) is 12.4. The Hall–Kier alpha value is -0.890. The van der Waals surface area contributed by atoms with Crippen LogP contribution in [0, 0.1) is 0 Å². The van der Waals surface area contributed by atoms with Crippen molar-refractivity contribution in [2.24, 2.45) is 5.73 Å².